The monoisotopic (exact) mass is 616 g/mol. The predicted octanol–water partition coefficient (Wildman–Crippen LogP) is 4.70. The molecule has 0 aromatic carbocycles. The highest BCUT2D eigenvalue weighted by Crippen LogP contribution is 2.24. The maximum absolute atomic E-state index is 11.7. The lowest BCUT2D eigenvalue weighted by molar-refractivity contribution is -0.124. The minimum atomic E-state index is -0.394. The van der Waals surface area contributed by atoms with E-state index in [9.17, 15) is 14.4 Å². The molecule has 2 N–H and O–H groups in total. The van der Waals surface area contributed by atoms with Gasteiger partial charge in [-0.3, -0.25) is 4.79 Å². The van der Waals surface area contributed by atoms with Crippen LogP contribution < -0.4 is 10.6 Å². The van der Waals surface area contributed by atoms with Crippen LogP contribution in [0.25, 0.3) is 0 Å². The number of amides is 2. The zero-order chi connectivity index (χ0) is 29.0. The van der Waals surface area contributed by atoms with Crippen LogP contribution in [0.15, 0.2) is 0 Å². The number of hydrogen-bond acceptors (Lipinski definition) is 10. The number of carbonyl (C=O) groups is 3. The summed E-state index contributed by atoms with van der Waals surface area (Å²) < 4.78 is 32.4. The quantitative estimate of drug-likeness (QED) is 0.117. The highest BCUT2D eigenvalue weighted by atomic mass is 32.1. The summed E-state index contributed by atoms with van der Waals surface area (Å²) in [6.07, 6.45) is 5.03. The van der Waals surface area contributed by atoms with Crippen molar-refractivity contribution in [3.63, 3.8) is 0 Å². The van der Waals surface area contributed by atoms with E-state index < -0.39 is 6.09 Å². The molecule has 1 fully saturated rings. The Morgan fingerprint density at radius 1 is 0.683 bits per heavy atom. The Hall–Kier alpha value is -1.44. The molecule has 0 aromatic heterocycles. The lowest BCUT2D eigenvalue weighted by Gasteiger charge is -2.25. The van der Waals surface area contributed by atoms with Crippen LogP contribution in [0.4, 0.5) is 4.79 Å². The minimum absolute atomic E-state index is 0. The zero-order valence-electron chi connectivity index (χ0n) is 24.2. The molecular weight excluding hydrogens is 552 g/mol. The van der Waals surface area contributed by atoms with E-state index in [0.29, 0.717) is 84.4 Å². The van der Waals surface area contributed by atoms with E-state index in [0.717, 1.165) is 25.7 Å². The van der Waals surface area contributed by atoms with Crippen molar-refractivity contribution >= 4 is 30.4 Å². The maximum atomic E-state index is 11.7. The summed E-state index contributed by atoms with van der Waals surface area (Å²) in [7, 11) is 0. The van der Waals surface area contributed by atoms with E-state index in [1.54, 1.807) is 0 Å². The van der Waals surface area contributed by atoms with Crippen LogP contribution in [0, 0.1) is 0 Å². The van der Waals surface area contributed by atoms with Gasteiger partial charge in [0.25, 0.3) is 0 Å². The number of carbonyl (C=O) groups excluding carboxylic acids is 3. The van der Waals surface area contributed by atoms with Crippen molar-refractivity contribution in [3.05, 3.63) is 0 Å². The molecule has 1 rings (SSSR count). The van der Waals surface area contributed by atoms with Crippen molar-refractivity contribution in [2.24, 2.45) is 0 Å². The van der Waals surface area contributed by atoms with Crippen molar-refractivity contribution < 1.29 is 45.7 Å². The third kappa shape index (κ3) is 32.9. The van der Waals surface area contributed by atoms with E-state index in [1.165, 1.54) is 13.3 Å². The summed E-state index contributed by atoms with van der Waals surface area (Å²) in [6.45, 7) is 10.9. The Morgan fingerprint density at radius 3 is 1.49 bits per heavy atom. The van der Waals surface area contributed by atoms with Crippen molar-refractivity contribution in [2.75, 3.05) is 79.2 Å². The van der Waals surface area contributed by atoms with E-state index in [4.69, 9.17) is 28.4 Å². The third-order valence-electron chi connectivity index (χ3n) is 5.19. The fourth-order valence-corrected chi connectivity index (χ4v) is 3.50. The molecule has 250 valence electrons. The molecule has 1 aliphatic carbocycles. The first-order valence-corrected chi connectivity index (χ1v) is 14.7. The number of ether oxygens (including phenoxy) is 6. The predicted molar refractivity (Wildman–Crippen MR) is 170 cm³/mol. The molecular formula is C29H64N2O9S. The first-order chi connectivity index (χ1) is 18.9. The Morgan fingerprint density at radius 2 is 1.07 bits per heavy atom. The molecule has 0 aliphatic heterocycles. The summed E-state index contributed by atoms with van der Waals surface area (Å²) in [5.41, 5.74) is 0. The summed E-state index contributed by atoms with van der Waals surface area (Å²) >= 11 is 4.44. The van der Waals surface area contributed by atoms with E-state index in [2.05, 4.69) is 37.1 Å². The molecule has 11 nitrogen and oxygen atoms in total. The molecule has 0 spiro atoms. The second kappa shape index (κ2) is 33.1. The Balaban J connectivity index is -0.000000658. The van der Waals surface area contributed by atoms with Crippen molar-refractivity contribution in [2.45, 2.75) is 91.9 Å². The van der Waals surface area contributed by atoms with Crippen LogP contribution in [0.1, 0.15) is 83.4 Å². The highest BCUT2D eigenvalue weighted by Gasteiger charge is 2.21. The Labute approximate surface area is 257 Å². The van der Waals surface area contributed by atoms with E-state index in [-0.39, 0.29) is 48.3 Å². The van der Waals surface area contributed by atoms with Gasteiger partial charge in [0.05, 0.1) is 66.1 Å². The average Bonchev–Trinajstić information content (AvgIpc) is 2.90. The number of thiol groups is 1. The molecule has 0 aromatic rings. The summed E-state index contributed by atoms with van der Waals surface area (Å²) in [6, 6.07) is 0. The maximum Gasteiger partial charge on any atom is 0.407 e. The number of nitrogens with one attached hydrogen (secondary N) is 2. The third-order valence-corrected chi connectivity index (χ3v) is 5.71. The number of hydrogen-bond donors (Lipinski definition) is 3. The van der Waals surface area contributed by atoms with Gasteiger partial charge in [0, 0.05) is 34.0 Å². The van der Waals surface area contributed by atoms with E-state index >= 15 is 0 Å². The van der Waals surface area contributed by atoms with Gasteiger partial charge in [-0.1, -0.05) is 35.1 Å². The number of ketones is 1. The molecule has 12 heteroatoms. The summed E-state index contributed by atoms with van der Waals surface area (Å²) in [4.78, 5) is 33.9. The second-order valence-electron chi connectivity index (χ2n) is 9.08. The lowest BCUT2D eigenvalue weighted by Crippen LogP contribution is -2.33. The first kappa shape index (κ1) is 44.0. The van der Waals surface area contributed by atoms with Crippen LogP contribution in [0.3, 0.4) is 0 Å². The Bertz CT molecular complexity index is 619. The molecule has 1 saturated carbocycles. The average molecular weight is 617 g/mol. The van der Waals surface area contributed by atoms with Crippen molar-refractivity contribution in [3.8, 4) is 0 Å². The van der Waals surface area contributed by atoms with Crippen LogP contribution in [0.2, 0.25) is 0 Å². The molecule has 2 amide bonds. The number of Topliss-reactive ketones (excluding diaryl/α,β-unsaturated/α-hetero) is 1. The first-order valence-electron chi connectivity index (χ1n) is 14.2. The summed E-state index contributed by atoms with van der Waals surface area (Å²) in [5.74, 6) is -0.142. The normalized spacial score (nSPS) is 15.8. The Kier molecular flexibility index (Phi) is 35.5. The molecule has 0 bridgehead atoms. The van der Waals surface area contributed by atoms with Gasteiger partial charge in [-0.2, -0.15) is 12.6 Å². The van der Waals surface area contributed by atoms with Crippen LogP contribution in [-0.4, -0.2) is 108 Å². The molecule has 0 unspecified atom stereocenters. The number of alkyl carbamates (subject to hydrolysis) is 1. The van der Waals surface area contributed by atoms with Gasteiger partial charge in [-0.15, -0.1) is 0 Å². The summed E-state index contributed by atoms with van der Waals surface area (Å²) in [5, 5.41) is 5.81. The largest absolute Gasteiger partial charge is 0.446 e. The molecule has 1 aliphatic rings. The molecule has 0 radical (unpaired) electrons. The van der Waals surface area contributed by atoms with Crippen LogP contribution in [-0.2, 0) is 38.0 Å². The molecule has 41 heavy (non-hydrogen) atoms. The van der Waals surface area contributed by atoms with Gasteiger partial charge in [0.2, 0.25) is 5.91 Å². The second-order valence-corrected chi connectivity index (χ2v) is 9.81. The topological polar surface area (TPSA) is 131 Å². The highest BCUT2D eigenvalue weighted by molar-refractivity contribution is 7.80. The minimum Gasteiger partial charge on any atom is -0.446 e. The van der Waals surface area contributed by atoms with Crippen molar-refractivity contribution in [1.29, 1.82) is 0 Å². The van der Waals surface area contributed by atoms with Gasteiger partial charge in [-0.25, -0.2) is 4.79 Å². The van der Waals surface area contributed by atoms with Gasteiger partial charge in [0.15, 0.2) is 0 Å². The SMILES string of the molecule is C.C.CC(=O)CCC(=O)NCCOCCOCCOCCOCCOCCNC(=O)OC1CCC(S)CC1.CCC.[HH].[HH]. The van der Waals surface area contributed by atoms with Gasteiger partial charge < -0.3 is 43.8 Å². The smallest absolute Gasteiger partial charge is 0.407 e. The number of rotatable bonds is 22. The van der Waals surface area contributed by atoms with Gasteiger partial charge in [0.1, 0.15) is 11.9 Å². The molecule has 0 heterocycles. The van der Waals surface area contributed by atoms with E-state index in [1.807, 2.05) is 0 Å². The van der Waals surface area contributed by atoms with Crippen molar-refractivity contribution in [1.82, 2.24) is 10.6 Å². The standard InChI is InChI=1S/C24H44N2O9S.C3H8.2CH4.2H2/c1-20(27)2-7-23(28)25-8-10-30-12-14-32-16-18-34-19-17-33-15-13-31-11-9-26-24(29)35-21-3-5-22(36)6-4-21;1-3-2;;;;/h21-22,36H,2-19H2,1H3,(H,25,28)(H,26,29);3H2,1-2H3;2*1H4;2*1H. The zero-order valence-corrected chi connectivity index (χ0v) is 25.1. The van der Waals surface area contributed by atoms with Crippen LogP contribution >= 0.6 is 12.6 Å². The van der Waals surface area contributed by atoms with Crippen LogP contribution in [0.5, 0.6) is 0 Å². The fourth-order valence-electron chi connectivity index (χ4n) is 3.20. The fraction of sp³-hybridized carbons (Fsp3) is 0.897. The van der Waals surface area contributed by atoms with Gasteiger partial charge >= 0.3 is 6.09 Å². The molecule has 0 atom stereocenters. The molecule has 0 saturated heterocycles. The lowest BCUT2D eigenvalue weighted by atomic mass is 9.97. The van der Waals surface area contributed by atoms with Gasteiger partial charge in [-0.05, 0) is 32.6 Å².